The van der Waals surface area contributed by atoms with Gasteiger partial charge in [0, 0.05) is 18.7 Å². The summed E-state index contributed by atoms with van der Waals surface area (Å²) in [7, 11) is 1.75. The number of nitrogens with one attached hydrogen (secondary N) is 2. The van der Waals surface area contributed by atoms with E-state index in [1.54, 1.807) is 7.11 Å². The Balaban J connectivity index is 0.000000152. The van der Waals surface area contributed by atoms with Gasteiger partial charge in [-0.2, -0.15) is 0 Å². The Hall–Kier alpha value is -1.58. The molecule has 0 amide bonds. The minimum absolute atomic E-state index is 0.736. The second kappa shape index (κ2) is 7.12. The number of benzene rings is 1. The molecule has 0 radical (unpaired) electrons. The molecular formula is C21H28N2O. The summed E-state index contributed by atoms with van der Waals surface area (Å²) in [6.45, 7) is 4.78. The highest BCUT2D eigenvalue weighted by Gasteiger charge is 2.32. The van der Waals surface area contributed by atoms with Crippen molar-refractivity contribution in [2.45, 2.75) is 12.8 Å². The first-order valence-electron chi connectivity index (χ1n) is 9.27. The van der Waals surface area contributed by atoms with Crippen LogP contribution in [0, 0.1) is 23.7 Å². The third-order valence-electron chi connectivity index (χ3n) is 5.96. The van der Waals surface area contributed by atoms with E-state index >= 15 is 0 Å². The monoisotopic (exact) mass is 324 g/mol. The molecule has 2 fully saturated rings. The second-order valence-corrected chi connectivity index (χ2v) is 7.42. The van der Waals surface area contributed by atoms with Crippen LogP contribution in [-0.2, 0) is 0 Å². The maximum Gasteiger partial charge on any atom is 0.126 e. The zero-order valence-corrected chi connectivity index (χ0v) is 14.5. The number of allylic oxidation sites excluding steroid dienone is 2. The van der Waals surface area contributed by atoms with E-state index in [9.17, 15) is 0 Å². The molecule has 0 bridgehead atoms. The van der Waals surface area contributed by atoms with Crippen molar-refractivity contribution in [2.75, 3.05) is 33.3 Å². The Kier molecular flexibility index (Phi) is 4.72. The van der Waals surface area contributed by atoms with Crippen molar-refractivity contribution >= 4 is 5.57 Å². The first-order valence-corrected chi connectivity index (χ1v) is 9.27. The van der Waals surface area contributed by atoms with Gasteiger partial charge in [-0.05, 0) is 61.2 Å². The lowest BCUT2D eigenvalue weighted by Gasteiger charge is -2.10. The van der Waals surface area contributed by atoms with E-state index in [1.807, 2.05) is 12.1 Å². The van der Waals surface area contributed by atoms with Gasteiger partial charge in [0.25, 0.3) is 0 Å². The normalized spacial score (nSPS) is 32.8. The Morgan fingerprint density at radius 2 is 1.75 bits per heavy atom. The number of hydrogen-bond donors (Lipinski definition) is 2. The van der Waals surface area contributed by atoms with Gasteiger partial charge in [0.05, 0.1) is 7.11 Å². The molecular weight excluding hydrogens is 296 g/mol. The predicted octanol–water partition coefficient (Wildman–Crippen LogP) is 3.10. The van der Waals surface area contributed by atoms with Gasteiger partial charge >= 0.3 is 0 Å². The minimum Gasteiger partial charge on any atom is -0.496 e. The van der Waals surface area contributed by atoms with Crippen molar-refractivity contribution in [2.24, 2.45) is 23.7 Å². The number of hydrogen-bond acceptors (Lipinski definition) is 3. The van der Waals surface area contributed by atoms with Crippen LogP contribution >= 0.6 is 0 Å². The zero-order chi connectivity index (χ0) is 16.4. The van der Waals surface area contributed by atoms with E-state index in [2.05, 4.69) is 41.0 Å². The van der Waals surface area contributed by atoms with Crippen molar-refractivity contribution in [1.29, 1.82) is 0 Å². The largest absolute Gasteiger partial charge is 0.496 e. The fourth-order valence-electron chi connectivity index (χ4n) is 4.56. The van der Waals surface area contributed by atoms with E-state index < -0.39 is 0 Å². The number of para-hydroxylation sites is 1. The molecule has 0 saturated carbocycles. The molecule has 4 atom stereocenters. The van der Waals surface area contributed by atoms with Crippen LogP contribution in [0.2, 0.25) is 0 Å². The van der Waals surface area contributed by atoms with Crippen molar-refractivity contribution in [3.8, 4) is 5.75 Å². The lowest BCUT2D eigenvalue weighted by atomic mass is 9.98. The molecule has 5 rings (SSSR count). The Labute approximate surface area is 145 Å². The predicted molar refractivity (Wildman–Crippen MR) is 99.0 cm³/mol. The standard InChI is InChI=1S/C14H17NO.C7H11N/c1-16-14-5-3-2-4-13(14)10-6-11-8-15-9-12(11)7-10;1-2-6-4-8-5-7(6)3-1/h2-6,11-12,15H,7-9H2,1H3;1-2,6-8H,3-5H2. The summed E-state index contributed by atoms with van der Waals surface area (Å²) < 4.78 is 5.42. The van der Waals surface area contributed by atoms with E-state index in [1.165, 1.54) is 43.6 Å². The van der Waals surface area contributed by atoms with Gasteiger partial charge in [0.1, 0.15) is 5.75 Å². The molecule has 0 spiro atoms. The summed E-state index contributed by atoms with van der Waals surface area (Å²) in [6.07, 6.45) is 9.61. The SMILES string of the molecule is C1=CC2CNCC2C1.COc1ccccc1C1=CC2CNCC2C1. The third kappa shape index (κ3) is 3.15. The van der Waals surface area contributed by atoms with Gasteiger partial charge in [-0.25, -0.2) is 0 Å². The molecule has 24 heavy (non-hydrogen) atoms. The summed E-state index contributed by atoms with van der Waals surface area (Å²) >= 11 is 0. The molecule has 2 N–H and O–H groups in total. The van der Waals surface area contributed by atoms with Crippen molar-refractivity contribution in [3.05, 3.63) is 48.1 Å². The van der Waals surface area contributed by atoms with Crippen LogP contribution in [0.25, 0.3) is 5.57 Å². The highest BCUT2D eigenvalue weighted by Crippen LogP contribution is 2.40. The lowest BCUT2D eigenvalue weighted by molar-refractivity contribution is 0.413. The Morgan fingerprint density at radius 3 is 2.54 bits per heavy atom. The van der Waals surface area contributed by atoms with Gasteiger partial charge in [-0.3, -0.25) is 0 Å². The molecule has 2 heterocycles. The highest BCUT2D eigenvalue weighted by atomic mass is 16.5. The number of ether oxygens (including phenoxy) is 1. The summed E-state index contributed by atoms with van der Waals surface area (Å²) in [4.78, 5) is 0. The summed E-state index contributed by atoms with van der Waals surface area (Å²) in [5, 5.41) is 6.82. The van der Waals surface area contributed by atoms with Crippen LogP contribution in [0.1, 0.15) is 18.4 Å². The quantitative estimate of drug-likeness (QED) is 0.820. The number of fused-ring (bicyclic) bond motifs is 2. The topological polar surface area (TPSA) is 33.3 Å². The highest BCUT2D eigenvalue weighted by molar-refractivity contribution is 5.72. The summed E-state index contributed by atoms with van der Waals surface area (Å²) in [5.41, 5.74) is 2.74. The first-order chi connectivity index (χ1) is 11.8. The molecule has 3 nitrogen and oxygen atoms in total. The van der Waals surface area contributed by atoms with Crippen LogP contribution in [0.15, 0.2) is 42.5 Å². The minimum atomic E-state index is 0.736. The van der Waals surface area contributed by atoms with Crippen LogP contribution in [0.5, 0.6) is 5.75 Å². The Morgan fingerprint density at radius 1 is 0.958 bits per heavy atom. The summed E-state index contributed by atoms with van der Waals surface area (Å²) in [6, 6.07) is 8.33. The van der Waals surface area contributed by atoms with Crippen LogP contribution in [-0.4, -0.2) is 33.3 Å². The molecule has 4 aliphatic rings. The van der Waals surface area contributed by atoms with Crippen molar-refractivity contribution in [1.82, 2.24) is 10.6 Å². The van der Waals surface area contributed by atoms with Gasteiger partial charge in [-0.15, -0.1) is 0 Å². The Bertz CT molecular complexity index is 636. The van der Waals surface area contributed by atoms with Crippen molar-refractivity contribution < 1.29 is 4.74 Å². The van der Waals surface area contributed by atoms with Gasteiger partial charge in [0.2, 0.25) is 0 Å². The van der Waals surface area contributed by atoms with E-state index in [-0.39, 0.29) is 0 Å². The summed E-state index contributed by atoms with van der Waals surface area (Å²) in [5.74, 6) is 4.38. The fourth-order valence-corrected chi connectivity index (χ4v) is 4.56. The van der Waals surface area contributed by atoms with E-state index in [4.69, 9.17) is 4.74 Å². The maximum atomic E-state index is 5.42. The van der Waals surface area contributed by atoms with Crippen LogP contribution in [0.4, 0.5) is 0 Å². The third-order valence-corrected chi connectivity index (χ3v) is 5.96. The number of rotatable bonds is 2. The molecule has 1 aromatic carbocycles. The molecule has 0 aromatic heterocycles. The van der Waals surface area contributed by atoms with E-state index in [0.29, 0.717) is 0 Å². The molecule has 2 aliphatic heterocycles. The van der Waals surface area contributed by atoms with E-state index in [0.717, 1.165) is 36.0 Å². The lowest BCUT2D eigenvalue weighted by Crippen LogP contribution is -2.09. The van der Waals surface area contributed by atoms with Gasteiger partial charge in [-0.1, -0.05) is 36.4 Å². The smallest absolute Gasteiger partial charge is 0.126 e. The number of methoxy groups -OCH3 is 1. The van der Waals surface area contributed by atoms with Gasteiger partial charge in [0.15, 0.2) is 0 Å². The zero-order valence-electron chi connectivity index (χ0n) is 14.5. The fraction of sp³-hybridized carbons (Fsp3) is 0.524. The molecule has 1 aromatic rings. The van der Waals surface area contributed by atoms with Crippen molar-refractivity contribution in [3.63, 3.8) is 0 Å². The molecule has 4 unspecified atom stereocenters. The molecule has 128 valence electrons. The van der Waals surface area contributed by atoms with Crippen LogP contribution in [0.3, 0.4) is 0 Å². The maximum absolute atomic E-state index is 5.42. The average molecular weight is 324 g/mol. The first kappa shape index (κ1) is 15.9. The molecule has 3 heteroatoms. The second-order valence-electron chi connectivity index (χ2n) is 7.42. The average Bonchev–Trinajstić information content (AvgIpc) is 3.34. The van der Waals surface area contributed by atoms with Gasteiger partial charge < -0.3 is 15.4 Å². The molecule has 2 saturated heterocycles. The van der Waals surface area contributed by atoms with Crippen LogP contribution < -0.4 is 15.4 Å². The molecule has 2 aliphatic carbocycles.